The van der Waals surface area contributed by atoms with E-state index in [-0.39, 0.29) is 0 Å². The minimum atomic E-state index is -6.00. The molecular formula is C6H17BF4N2. The van der Waals surface area contributed by atoms with Gasteiger partial charge in [-0.25, -0.2) is 0 Å². The van der Waals surface area contributed by atoms with Gasteiger partial charge in [0.25, 0.3) is 0 Å². The van der Waals surface area contributed by atoms with E-state index < -0.39 is 7.25 Å². The number of unbranched alkanes of at least 4 members (excludes halogenated alkanes) is 3. The van der Waals surface area contributed by atoms with Crippen molar-refractivity contribution >= 4 is 7.25 Å². The van der Waals surface area contributed by atoms with Crippen molar-refractivity contribution in [2.45, 2.75) is 25.7 Å². The summed E-state index contributed by atoms with van der Waals surface area (Å²) in [5.74, 6) is 0. The maximum Gasteiger partial charge on any atom is 0.673 e. The summed E-state index contributed by atoms with van der Waals surface area (Å²) in [6.07, 6.45) is 5.03. The summed E-state index contributed by atoms with van der Waals surface area (Å²) in [6, 6.07) is 0. The molecule has 0 atom stereocenters. The normalized spacial score (nSPS) is 10.6. The number of hydrogen-bond donors (Lipinski definition) is 2. The minimum Gasteiger partial charge on any atom is -0.418 e. The molecule has 0 aromatic rings. The van der Waals surface area contributed by atoms with Crippen LogP contribution in [-0.4, -0.2) is 20.3 Å². The fraction of sp³-hybridized carbons (Fsp3) is 1.00. The fourth-order valence-corrected chi connectivity index (χ4v) is 0.675. The Morgan fingerprint density at radius 2 is 1.31 bits per heavy atom. The Morgan fingerprint density at radius 1 is 0.923 bits per heavy atom. The maximum atomic E-state index is 9.75. The van der Waals surface area contributed by atoms with Gasteiger partial charge in [-0.15, -0.1) is 0 Å². The first-order valence-electron chi connectivity index (χ1n) is 4.28. The first-order valence-corrected chi connectivity index (χ1v) is 4.28. The number of halogens is 4. The molecule has 0 aliphatic carbocycles. The van der Waals surface area contributed by atoms with E-state index in [9.17, 15) is 17.3 Å². The van der Waals surface area contributed by atoms with Crippen molar-refractivity contribution in [3.63, 3.8) is 0 Å². The van der Waals surface area contributed by atoms with Gasteiger partial charge in [0.15, 0.2) is 0 Å². The van der Waals surface area contributed by atoms with Crippen molar-refractivity contribution in [2.75, 3.05) is 13.1 Å². The van der Waals surface area contributed by atoms with E-state index >= 15 is 0 Å². The Balaban J connectivity index is 0. The number of hydrogen-bond acceptors (Lipinski definition) is 1. The lowest BCUT2D eigenvalue weighted by molar-refractivity contribution is -0.368. The molecule has 5 N–H and O–H groups in total. The topological polar surface area (TPSA) is 53.7 Å². The van der Waals surface area contributed by atoms with Crippen LogP contribution in [0.25, 0.3) is 0 Å². The largest absolute Gasteiger partial charge is 0.673 e. The van der Waals surface area contributed by atoms with Crippen molar-refractivity contribution < 1.29 is 23.0 Å². The molecule has 82 valence electrons. The number of quaternary nitrogens is 1. The average molecular weight is 204 g/mol. The third-order valence-corrected chi connectivity index (χ3v) is 1.20. The highest BCUT2D eigenvalue weighted by molar-refractivity contribution is 6.50. The smallest absolute Gasteiger partial charge is 0.418 e. The second-order valence-electron chi connectivity index (χ2n) is 2.55. The van der Waals surface area contributed by atoms with Crippen LogP contribution in [0.5, 0.6) is 0 Å². The molecule has 0 bridgehead atoms. The lowest BCUT2D eigenvalue weighted by Crippen LogP contribution is -2.50. The number of nitrogens with two attached hydrogens (primary N) is 1. The lowest BCUT2D eigenvalue weighted by atomic mass is 10.2. The minimum absolute atomic E-state index is 0.844. The van der Waals surface area contributed by atoms with Gasteiger partial charge in [0, 0.05) is 0 Å². The van der Waals surface area contributed by atoms with Gasteiger partial charge in [0.2, 0.25) is 0 Å². The van der Waals surface area contributed by atoms with E-state index in [1.54, 1.807) is 0 Å². The van der Waals surface area contributed by atoms with Gasteiger partial charge < -0.3 is 28.7 Å². The lowest BCUT2D eigenvalue weighted by Gasteiger charge is -1.94. The first kappa shape index (κ1) is 15.2. The fourth-order valence-electron chi connectivity index (χ4n) is 0.675. The molecule has 0 aromatic carbocycles. The molecule has 0 aromatic heterocycles. The average Bonchev–Trinajstić information content (AvgIpc) is 1.95. The third kappa shape index (κ3) is 49.8. The molecule has 2 nitrogen and oxygen atoms in total. The molecular weight excluding hydrogens is 187 g/mol. The second kappa shape index (κ2) is 9.79. The van der Waals surface area contributed by atoms with Crippen molar-refractivity contribution in [2.24, 2.45) is 5.73 Å². The molecule has 0 heterocycles. The van der Waals surface area contributed by atoms with E-state index in [4.69, 9.17) is 5.73 Å². The van der Waals surface area contributed by atoms with Crippen LogP contribution in [0.3, 0.4) is 0 Å². The quantitative estimate of drug-likeness (QED) is 0.392. The van der Waals surface area contributed by atoms with Gasteiger partial charge in [-0.2, -0.15) is 0 Å². The van der Waals surface area contributed by atoms with E-state index in [1.807, 2.05) is 0 Å². The zero-order valence-corrected chi connectivity index (χ0v) is 7.62. The van der Waals surface area contributed by atoms with Crippen molar-refractivity contribution in [3.05, 3.63) is 0 Å². The summed E-state index contributed by atoms with van der Waals surface area (Å²) in [7, 11) is -6.00. The highest BCUT2D eigenvalue weighted by atomic mass is 19.5. The molecule has 0 fully saturated rings. The van der Waals surface area contributed by atoms with Crippen LogP contribution < -0.4 is 11.5 Å². The molecule has 0 radical (unpaired) electrons. The van der Waals surface area contributed by atoms with Gasteiger partial charge in [-0.05, 0) is 25.8 Å². The monoisotopic (exact) mass is 204 g/mol. The number of rotatable bonds is 5. The van der Waals surface area contributed by atoms with Gasteiger partial charge in [0.1, 0.15) is 0 Å². The van der Waals surface area contributed by atoms with Crippen LogP contribution in [0, 0.1) is 0 Å². The van der Waals surface area contributed by atoms with Crippen LogP contribution >= 0.6 is 0 Å². The SMILES string of the molecule is F[B-](F)(F)F.NCCCCCC[NH3+]. The molecule has 7 heteroatoms. The summed E-state index contributed by atoms with van der Waals surface area (Å²) < 4.78 is 39.0. The van der Waals surface area contributed by atoms with E-state index in [2.05, 4.69) is 5.73 Å². The molecule has 0 rings (SSSR count). The Morgan fingerprint density at radius 3 is 1.62 bits per heavy atom. The van der Waals surface area contributed by atoms with Crippen LogP contribution in [-0.2, 0) is 0 Å². The molecule has 0 saturated heterocycles. The van der Waals surface area contributed by atoms with Gasteiger partial charge in [0.05, 0.1) is 6.54 Å². The molecule has 0 amide bonds. The summed E-state index contributed by atoms with van der Waals surface area (Å²) in [5, 5.41) is 0. The maximum absolute atomic E-state index is 9.75. The Kier molecular flexibility index (Phi) is 11.4. The summed E-state index contributed by atoms with van der Waals surface area (Å²) >= 11 is 0. The standard InChI is InChI=1S/C6H16N2.BF4/c7-5-3-1-2-4-6-8;2-1(3,4)5/h1-8H2;/q;-1/p+1. The molecule has 0 unspecified atom stereocenters. The van der Waals surface area contributed by atoms with Crippen molar-refractivity contribution in [3.8, 4) is 0 Å². The van der Waals surface area contributed by atoms with Gasteiger partial charge in [-0.1, -0.05) is 6.42 Å². The van der Waals surface area contributed by atoms with Crippen LogP contribution in [0.2, 0.25) is 0 Å². The van der Waals surface area contributed by atoms with Gasteiger partial charge in [-0.3, -0.25) is 0 Å². The Hall–Kier alpha value is -0.295. The predicted molar refractivity (Wildman–Crippen MR) is 45.5 cm³/mol. The van der Waals surface area contributed by atoms with Crippen molar-refractivity contribution in [1.29, 1.82) is 0 Å². The molecule has 0 aliphatic heterocycles. The summed E-state index contributed by atoms with van der Waals surface area (Å²) in [4.78, 5) is 0. The first-order chi connectivity index (χ1) is 5.91. The summed E-state index contributed by atoms with van der Waals surface area (Å²) in [5.41, 5.74) is 9.05. The van der Waals surface area contributed by atoms with E-state index in [0.717, 1.165) is 13.1 Å². The predicted octanol–water partition coefficient (Wildman–Crippen LogP) is 1.05. The third-order valence-electron chi connectivity index (χ3n) is 1.20. The Bertz CT molecular complexity index is 87.1. The molecule has 0 saturated carbocycles. The highest BCUT2D eigenvalue weighted by Crippen LogP contribution is 2.06. The van der Waals surface area contributed by atoms with Crippen LogP contribution in [0.1, 0.15) is 25.7 Å². The zero-order valence-electron chi connectivity index (χ0n) is 7.62. The van der Waals surface area contributed by atoms with E-state index in [1.165, 1.54) is 25.7 Å². The molecule has 0 spiro atoms. The van der Waals surface area contributed by atoms with Crippen LogP contribution in [0.15, 0.2) is 0 Å². The van der Waals surface area contributed by atoms with Crippen molar-refractivity contribution in [1.82, 2.24) is 0 Å². The molecule has 0 aliphatic rings. The van der Waals surface area contributed by atoms with Gasteiger partial charge >= 0.3 is 7.25 Å². The second-order valence-corrected chi connectivity index (χ2v) is 2.55. The summed E-state index contributed by atoms with van der Waals surface area (Å²) in [6.45, 7) is 1.92. The highest BCUT2D eigenvalue weighted by Gasteiger charge is 2.20. The van der Waals surface area contributed by atoms with E-state index in [0.29, 0.717) is 0 Å². The molecule has 13 heavy (non-hydrogen) atoms. The Labute approximate surface area is 75.8 Å². The zero-order chi connectivity index (χ0) is 10.7. The van der Waals surface area contributed by atoms with Crippen LogP contribution in [0.4, 0.5) is 17.3 Å².